The van der Waals surface area contributed by atoms with Crippen molar-refractivity contribution in [3.63, 3.8) is 0 Å². The summed E-state index contributed by atoms with van der Waals surface area (Å²) in [6, 6.07) is 11.8. The van der Waals surface area contributed by atoms with Crippen molar-refractivity contribution in [3.8, 4) is 11.3 Å². The lowest BCUT2D eigenvalue weighted by Gasteiger charge is -2.02. The summed E-state index contributed by atoms with van der Waals surface area (Å²) in [5.74, 6) is -0.856. The maximum atomic E-state index is 10.5. The van der Waals surface area contributed by atoms with Crippen LogP contribution in [0, 0.1) is 0 Å². The zero-order chi connectivity index (χ0) is 13.7. The first-order valence-corrected chi connectivity index (χ1v) is 6.95. The second-order valence-corrected chi connectivity index (χ2v) is 4.99. The van der Waals surface area contributed by atoms with Gasteiger partial charge in [-0.05, 0) is 24.1 Å². The fourth-order valence-electron chi connectivity index (χ4n) is 1.60. The molecule has 0 unspecified atom stereocenters. The molecular weight excluding hydrogens is 260 g/mol. The van der Waals surface area contributed by atoms with E-state index < -0.39 is 5.97 Å². The topological polar surface area (TPSA) is 63.1 Å². The number of aromatic nitrogens is 2. The zero-order valence-corrected chi connectivity index (χ0v) is 11.4. The van der Waals surface area contributed by atoms with Gasteiger partial charge in [0.25, 0.3) is 0 Å². The molecule has 0 amide bonds. The van der Waals surface area contributed by atoms with Crippen LogP contribution in [0.2, 0.25) is 0 Å². The summed E-state index contributed by atoms with van der Waals surface area (Å²) in [5, 5.41) is 17.3. The van der Waals surface area contributed by atoms with Crippen LogP contribution in [-0.2, 0) is 11.2 Å². The van der Waals surface area contributed by atoms with Gasteiger partial charge >= 0.3 is 5.97 Å². The molecule has 2 aromatic rings. The van der Waals surface area contributed by atoms with Gasteiger partial charge in [0.05, 0.1) is 11.4 Å². The average Bonchev–Trinajstić information content (AvgIpc) is 2.46. The Morgan fingerprint density at radius 2 is 1.89 bits per heavy atom. The smallest absolute Gasteiger partial charge is 0.313 e. The predicted octanol–water partition coefficient (Wildman–Crippen LogP) is 2.88. The van der Waals surface area contributed by atoms with E-state index in [1.165, 1.54) is 17.3 Å². The monoisotopic (exact) mass is 274 g/mol. The van der Waals surface area contributed by atoms with Crippen molar-refractivity contribution in [2.24, 2.45) is 0 Å². The maximum Gasteiger partial charge on any atom is 0.313 e. The quantitative estimate of drug-likeness (QED) is 0.849. The first-order valence-electron chi connectivity index (χ1n) is 5.96. The van der Waals surface area contributed by atoms with Gasteiger partial charge < -0.3 is 5.11 Å². The van der Waals surface area contributed by atoms with Gasteiger partial charge in [0, 0.05) is 5.56 Å². The lowest BCUT2D eigenvalue weighted by Crippen LogP contribution is -1.98. The van der Waals surface area contributed by atoms with Crippen LogP contribution in [0.4, 0.5) is 0 Å². The lowest BCUT2D eigenvalue weighted by atomic mass is 10.1. The molecule has 0 spiro atoms. The maximum absolute atomic E-state index is 10.5. The molecule has 0 fully saturated rings. The molecule has 98 valence electrons. The summed E-state index contributed by atoms with van der Waals surface area (Å²) in [7, 11) is 0. The number of hydrogen-bond donors (Lipinski definition) is 1. The molecule has 0 radical (unpaired) electrons. The van der Waals surface area contributed by atoms with Gasteiger partial charge in [-0.25, -0.2) is 0 Å². The number of hydrogen-bond acceptors (Lipinski definition) is 4. The van der Waals surface area contributed by atoms with Gasteiger partial charge in [-0.2, -0.15) is 0 Å². The van der Waals surface area contributed by atoms with Crippen LogP contribution in [0.15, 0.2) is 41.4 Å². The standard InChI is InChI=1S/C14H14N2O2S/c1-2-10-3-5-11(6-4-10)12-7-8-13(16-15-12)19-9-14(17)18/h3-8H,2,9H2,1H3,(H,17,18). The Hall–Kier alpha value is -1.88. The lowest BCUT2D eigenvalue weighted by molar-refractivity contribution is -0.133. The minimum absolute atomic E-state index is 0.000770. The molecule has 1 aromatic heterocycles. The van der Waals surface area contributed by atoms with E-state index in [2.05, 4.69) is 29.3 Å². The van der Waals surface area contributed by atoms with Crippen molar-refractivity contribution < 1.29 is 9.90 Å². The third-order valence-electron chi connectivity index (χ3n) is 2.64. The van der Waals surface area contributed by atoms with Gasteiger partial charge in [0.1, 0.15) is 5.03 Å². The number of aliphatic carboxylic acids is 1. The first-order chi connectivity index (χ1) is 9.19. The molecule has 0 bridgehead atoms. The van der Waals surface area contributed by atoms with Crippen LogP contribution >= 0.6 is 11.8 Å². The van der Waals surface area contributed by atoms with Crippen molar-refractivity contribution in [2.45, 2.75) is 18.4 Å². The molecule has 0 aliphatic heterocycles. The Morgan fingerprint density at radius 1 is 1.16 bits per heavy atom. The van der Waals surface area contributed by atoms with Crippen LogP contribution < -0.4 is 0 Å². The van der Waals surface area contributed by atoms with Crippen molar-refractivity contribution in [1.82, 2.24) is 10.2 Å². The van der Waals surface area contributed by atoms with Gasteiger partial charge in [0.2, 0.25) is 0 Å². The summed E-state index contributed by atoms with van der Waals surface area (Å²) in [5.41, 5.74) is 3.09. The molecule has 1 heterocycles. The number of benzene rings is 1. The van der Waals surface area contributed by atoms with E-state index in [1.54, 1.807) is 6.07 Å². The normalized spacial score (nSPS) is 10.4. The van der Waals surface area contributed by atoms with Crippen LogP contribution in [0.1, 0.15) is 12.5 Å². The third kappa shape index (κ3) is 3.79. The van der Waals surface area contributed by atoms with Crippen molar-refractivity contribution in [2.75, 3.05) is 5.75 Å². The highest BCUT2D eigenvalue weighted by Crippen LogP contribution is 2.20. The van der Waals surface area contributed by atoms with Gasteiger partial charge in [-0.3, -0.25) is 4.79 Å². The fourth-order valence-corrected chi connectivity index (χ4v) is 2.13. The van der Waals surface area contributed by atoms with E-state index in [1.807, 2.05) is 18.2 Å². The fraction of sp³-hybridized carbons (Fsp3) is 0.214. The summed E-state index contributed by atoms with van der Waals surface area (Å²) in [6.07, 6.45) is 1.01. The van der Waals surface area contributed by atoms with E-state index in [-0.39, 0.29) is 5.75 Å². The molecule has 0 saturated carbocycles. The second kappa shape index (κ2) is 6.33. The third-order valence-corrected chi connectivity index (χ3v) is 3.55. The molecule has 0 aliphatic rings. The first kappa shape index (κ1) is 13.5. The average molecular weight is 274 g/mol. The van der Waals surface area contributed by atoms with Crippen LogP contribution in [0.25, 0.3) is 11.3 Å². The molecule has 0 atom stereocenters. The van der Waals surface area contributed by atoms with E-state index in [9.17, 15) is 4.79 Å². The van der Waals surface area contributed by atoms with E-state index in [0.29, 0.717) is 5.03 Å². The number of thioether (sulfide) groups is 1. The Labute approximate surface area is 115 Å². The molecule has 0 aliphatic carbocycles. The van der Waals surface area contributed by atoms with Gasteiger partial charge in [-0.15, -0.1) is 10.2 Å². The molecule has 19 heavy (non-hydrogen) atoms. The minimum atomic E-state index is -0.856. The summed E-state index contributed by atoms with van der Waals surface area (Å²) in [6.45, 7) is 2.11. The van der Waals surface area contributed by atoms with E-state index >= 15 is 0 Å². The van der Waals surface area contributed by atoms with E-state index in [4.69, 9.17) is 5.11 Å². The number of nitrogens with zero attached hydrogens (tertiary/aromatic N) is 2. The number of aryl methyl sites for hydroxylation is 1. The van der Waals surface area contributed by atoms with Crippen LogP contribution in [-0.4, -0.2) is 27.0 Å². The molecule has 2 rings (SSSR count). The van der Waals surface area contributed by atoms with Gasteiger partial charge in [-0.1, -0.05) is 43.0 Å². The summed E-state index contributed by atoms with van der Waals surface area (Å²) in [4.78, 5) is 10.5. The van der Waals surface area contributed by atoms with Crippen LogP contribution in [0.5, 0.6) is 0 Å². The Morgan fingerprint density at radius 3 is 2.42 bits per heavy atom. The highest BCUT2D eigenvalue weighted by Gasteiger charge is 2.04. The van der Waals surface area contributed by atoms with Crippen molar-refractivity contribution >= 4 is 17.7 Å². The Kier molecular flexibility index (Phi) is 4.52. The summed E-state index contributed by atoms with van der Waals surface area (Å²) >= 11 is 1.17. The number of carboxylic acids is 1. The van der Waals surface area contributed by atoms with Crippen LogP contribution in [0.3, 0.4) is 0 Å². The SMILES string of the molecule is CCc1ccc(-c2ccc(SCC(=O)O)nn2)cc1. The highest BCUT2D eigenvalue weighted by atomic mass is 32.2. The predicted molar refractivity (Wildman–Crippen MR) is 75.2 cm³/mol. The van der Waals surface area contributed by atoms with Gasteiger partial charge in [0.15, 0.2) is 0 Å². The molecular formula is C14H14N2O2S. The molecule has 1 aromatic carbocycles. The Balaban J connectivity index is 2.10. The molecule has 0 saturated heterocycles. The molecule has 5 heteroatoms. The highest BCUT2D eigenvalue weighted by molar-refractivity contribution is 7.99. The largest absolute Gasteiger partial charge is 0.481 e. The molecule has 1 N–H and O–H groups in total. The van der Waals surface area contributed by atoms with E-state index in [0.717, 1.165) is 17.7 Å². The number of rotatable bonds is 5. The zero-order valence-electron chi connectivity index (χ0n) is 10.5. The van der Waals surface area contributed by atoms with Crippen molar-refractivity contribution in [1.29, 1.82) is 0 Å². The minimum Gasteiger partial charge on any atom is -0.481 e. The Bertz CT molecular complexity index is 553. The summed E-state index contributed by atoms with van der Waals surface area (Å²) < 4.78 is 0. The van der Waals surface area contributed by atoms with Crippen molar-refractivity contribution in [3.05, 3.63) is 42.0 Å². The number of carboxylic acid groups (broad SMARTS) is 1. The molecule has 4 nitrogen and oxygen atoms in total. The number of carbonyl (C=O) groups is 1. The second-order valence-electron chi connectivity index (χ2n) is 3.99.